The molecule has 0 bridgehead atoms. The van der Waals surface area contributed by atoms with Gasteiger partial charge in [-0.3, -0.25) is 10.1 Å². The fourth-order valence-corrected chi connectivity index (χ4v) is 1.42. The zero-order valence-electron chi connectivity index (χ0n) is 9.65. The van der Waals surface area contributed by atoms with Crippen LogP contribution in [-0.2, 0) is 9.53 Å². The largest absolute Gasteiger partial charge is 0.463 e. The molecule has 1 aliphatic rings. The Bertz CT molecular complexity index is 379. The number of ether oxygens (including phenoxy) is 1. The molecule has 0 saturated carbocycles. The van der Waals surface area contributed by atoms with Crippen LogP contribution in [0.3, 0.4) is 0 Å². The van der Waals surface area contributed by atoms with Crippen molar-refractivity contribution in [2.75, 3.05) is 6.61 Å². The van der Waals surface area contributed by atoms with E-state index < -0.39 is 11.5 Å². The second-order valence-corrected chi connectivity index (χ2v) is 4.07. The lowest BCUT2D eigenvalue weighted by Gasteiger charge is -2.15. The molecule has 0 aromatic heterocycles. The van der Waals surface area contributed by atoms with Crippen molar-refractivity contribution >= 4 is 5.97 Å². The van der Waals surface area contributed by atoms with Crippen LogP contribution in [0.5, 0.6) is 0 Å². The number of carbonyl (C=O) groups excluding carboxylic acids is 1. The molecule has 0 spiro atoms. The number of esters is 1. The maximum Gasteiger partial charge on any atom is 0.334 e. The molecule has 0 saturated heterocycles. The van der Waals surface area contributed by atoms with Crippen LogP contribution in [0.1, 0.15) is 27.2 Å². The molecule has 1 rings (SSSR count). The minimum absolute atomic E-state index is 0.310. The number of nitrogens with zero attached hydrogens (tertiary/aromatic N) is 1. The van der Waals surface area contributed by atoms with Crippen LogP contribution in [0, 0.1) is 10.1 Å². The lowest BCUT2D eigenvalue weighted by Crippen LogP contribution is -2.32. The van der Waals surface area contributed by atoms with Crippen molar-refractivity contribution in [1.82, 2.24) is 0 Å². The number of rotatable bonds is 4. The molecular weight excluding hydrogens is 210 g/mol. The lowest BCUT2D eigenvalue weighted by molar-refractivity contribution is -0.547. The second kappa shape index (κ2) is 4.47. The molecule has 0 N–H and O–H groups in total. The van der Waals surface area contributed by atoms with Gasteiger partial charge in [-0.25, -0.2) is 4.79 Å². The van der Waals surface area contributed by atoms with E-state index in [1.165, 1.54) is 13.8 Å². The highest BCUT2D eigenvalue weighted by atomic mass is 16.6. The Morgan fingerprint density at radius 3 is 2.75 bits per heavy atom. The maximum absolute atomic E-state index is 11.4. The Balaban J connectivity index is 2.82. The maximum atomic E-state index is 11.4. The van der Waals surface area contributed by atoms with E-state index in [9.17, 15) is 14.9 Å². The monoisotopic (exact) mass is 225 g/mol. The topological polar surface area (TPSA) is 69.4 Å². The fraction of sp³-hybridized carbons (Fsp3) is 0.545. The highest BCUT2D eigenvalue weighted by molar-refractivity contribution is 5.90. The van der Waals surface area contributed by atoms with Crippen molar-refractivity contribution in [3.05, 3.63) is 33.4 Å². The average Bonchev–Trinajstić information content (AvgIpc) is 2.67. The highest BCUT2D eigenvalue weighted by Gasteiger charge is 2.36. The van der Waals surface area contributed by atoms with Crippen LogP contribution in [0.15, 0.2) is 23.3 Å². The predicted molar refractivity (Wildman–Crippen MR) is 58.5 cm³/mol. The van der Waals surface area contributed by atoms with Gasteiger partial charge >= 0.3 is 5.97 Å². The number of carbonyl (C=O) groups is 1. The van der Waals surface area contributed by atoms with Crippen molar-refractivity contribution < 1.29 is 14.5 Å². The van der Waals surface area contributed by atoms with Gasteiger partial charge in [0.15, 0.2) is 0 Å². The van der Waals surface area contributed by atoms with Crippen molar-refractivity contribution in [1.29, 1.82) is 0 Å². The first-order chi connectivity index (χ1) is 7.39. The molecule has 16 heavy (non-hydrogen) atoms. The summed E-state index contributed by atoms with van der Waals surface area (Å²) >= 11 is 0. The molecule has 0 aromatic rings. The van der Waals surface area contributed by atoms with Gasteiger partial charge < -0.3 is 4.74 Å². The first-order valence-corrected chi connectivity index (χ1v) is 5.12. The normalized spacial score (nSPS) is 15.4. The molecule has 0 fully saturated rings. The van der Waals surface area contributed by atoms with Crippen LogP contribution in [0.4, 0.5) is 0 Å². The molecule has 0 aliphatic heterocycles. The molecular formula is C11H15NO4. The molecule has 0 atom stereocenters. The number of hydrogen-bond donors (Lipinski definition) is 0. The number of hydrogen-bond acceptors (Lipinski definition) is 4. The Morgan fingerprint density at radius 2 is 2.25 bits per heavy atom. The van der Waals surface area contributed by atoms with E-state index in [0.717, 1.165) is 0 Å². The lowest BCUT2D eigenvalue weighted by atomic mass is 9.96. The Morgan fingerprint density at radius 1 is 1.62 bits per heavy atom. The van der Waals surface area contributed by atoms with E-state index in [1.807, 2.05) is 0 Å². The van der Waals surface area contributed by atoms with E-state index in [2.05, 4.69) is 0 Å². The van der Waals surface area contributed by atoms with Gasteiger partial charge in [-0.15, -0.1) is 0 Å². The van der Waals surface area contributed by atoms with E-state index in [0.29, 0.717) is 24.2 Å². The van der Waals surface area contributed by atoms with Gasteiger partial charge in [0.1, 0.15) is 0 Å². The standard InChI is InChI=1S/C11H15NO4/c1-4-16-10(13)8-5-6-9(7-8)11(2,3)12(14)15/h6-7H,4-5H2,1-3H3. The molecule has 5 nitrogen and oxygen atoms in total. The van der Waals surface area contributed by atoms with E-state index in [1.54, 1.807) is 19.1 Å². The van der Waals surface area contributed by atoms with Crippen LogP contribution in [0.25, 0.3) is 0 Å². The number of allylic oxidation sites excluding steroid dienone is 1. The third-order valence-electron chi connectivity index (χ3n) is 2.57. The number of nitro groups is 1. The van der Waals surface area contributed by atoms with Crippen molar-refractivity contribution in [3.8, 4) is 0 Å². The Hall–Kier alpha value is -1.65. The molecule has 0 aromatic carbocycles. The molecule has 88 valence electrons. The van der Waals surface area contributed by atoms with Crippen molar-refractivity contribution in [2.45, 2.75) is 32.7 Å². The molecule has 0 radical (unpaired) electrons. The van der Waals surface area contributed by atoms with Gasteiger partial charge in [0.25, 0.3) is 0 Å². The second-order valence-electron chi connectivity index (χ2n) is 4.07. The smallest absolute Gasteiger partial charge is 0.334 e. The van der Waals surface area contributed by atoms with Gasteiger partial charge in [-0.2, -0.15) is 0 Å². The summed E-state index contributed by atoms with van der Waals surface area (Å²) in [6, 6.07) is 0. The van der Waals surface area contributed by atoms with Gasteiger partial charge in [0.05, 0.1) is 6.61 Å². The molecule has 0 amide bonds. The van der Waals surface area contributed by atoms with Crippen LogP contribution in [0.2, 0.25) is 0 Å². The Kier molecular flexibility index (Phi) is 3.47. The molecule has 0 unspecified atom stereocenters. The first kappa shape index (κ1) is 12.4. The summed E-state index contributed by atoms with van der Waals surface area (Å²) in [6.45, 7) is 5.07. The summed E-state index contributed by atoms with van der Waals surface area (Å²) in [7, 11) is 0. The summed E-state index contributed by atoms with van der Waals surface area (Å²) in [6.07, 6.45) is 3.67. The summed E-state index contributed by atoms with van der Waals surface area (Å²) in [5.74, 6) is -0.395. The van der Waals surface area contributed by atoms with Gasteiger partial charge in [-0.1, -0.05) is 6.08 Å². The minimum Gasteiger partial charge on any atom is -0.463 e. The fourth-order valence-electron chi connectivity index (χ4n) is 1.42. The van der Waals surface area contributed by atoms with Crippen LogP contribution >= 0.6 is 0 Å². The van der Waals surface area contributed by atoms with Crippen molar-refractivity contribution in [2.24, 2.45) is 0 Å². The van der Waals surface area contributed by atoms with E-state index >= 15 is 0 Å². The van der Waals surface area contributed by atoms with Gasteiger partial charge in [-0.05, 0) is 19.4 Å². The third kappa shape index (κ3) is 2.29. The molecule has 0 heterocycles. The van der Waals surface area contributed by atoms with Gasteiger partial charge in [0, 0.05) is 29.9 Å². The summed E-state index contributed by atoms with van der Waals surface area (Å²) in [4.78, 5) is 21.9. The van der Waals surface area contributed by atoms with E-state index in [-0.39, 0.29) is 4.92 Å². The van der Waals surface area contributed by atoms with Crippen LogP contribution in [-0.4, -0.2) is 23.0 Å². The van der Waals surface area contributed by atoms with Gasteiger partial charge in [0.2, 0.25) is 5.54 Å². The minimum atomic E-state index is -1.16. The summed E-state index contributed by atoms with van der Waals surface area (Å²) < 4.78 is 4.84. The average molecular weight is 225 g/mol. The quantitative estimate of drug-likeness (QED) is 0.416. The summed E-state index contributed by atoms with van der Waals surface area (Å²) in [5.41, 5.74) is -0.124. The highest BCUT2D eigenvalue weighted by Crippen LogP contribution is 2.29. The van der Waals surface area contributed by atoms with Crippen LogP contribution < -0.4 is 0 Å². The first-order valence-electron chi connectivity index (χ1n) is 5.12. The molecule has 1 aliphatic carbocycles. The third-order valence-corrected chi connectivity index (χ3v) is 2.57. The zero-order valence-corrected chi connectivity index (χ0v) is 9.65. The predicted octanol–water partition coefficient (Wildman–Crippen LogP) is 1.86. The van der Waals surface area contributed by atoms with Crippen molar-refractivity contribution in [3.63, 3.8) is 0 Å². The molecule has 5 heteroatoms. The van der Waals surface area contributed by atoms with E-state index in [4.69, 9.17) is 4.74 Å². The Labute approximate surface area is 93.9 Å². The SMILES string of the molecule is CCOC(=O)C1=CC(C(C)(C)[N+](=O)[O-])=CC1. The summed E-state index contributed by atoms with van der Waals surface area (Å²) in [5, 5.41) is 10.8. The zero-order chi connectivity index (χ0) is 12.3.